The van der Waals surface area contributed by atoms with Crippen LogP contribution in [0.3, 0.4) is 0 Å². The molecule has 0 amide bonds. The summed E-state index contributed by atoms with van der Waals surface area (Å²) in [5, 5.41) is 11.5. The third kappa shape index (κ3) is 2.89. The fraction of sp³-hybridized carbons (Fsp3) is 0. The summed E-state index contributed by atoms with van der Waals surface area (Å²) in [6.45, 7) is 0. The predicted octanol–water partition coefficient (Wildman–Crippen LogP) is 1.95. The summed E-state index contributed by atoms with van der Waals surface area (Å²) in [6.07, 6.45) is 3.51. The van der Waals surface area contributed by atoms with Crippen LogP contribution in [0.1, 0.15) is 5.69 Å². The summed E-state index contributed by atoms with van der Waals surface area (Å²) >= 11 is 5.85. The molecule has 0 unspecified atom stereocenters. The number of hydrazone groups is 1. The quantitative estimate of drug-likeness (QED) is 0.449. The summed E-state index contributed by atoms with van der Waals surface area (Å²) in [5.41, 5.74) is 9.35. The number of nitrogens with zero attached hydrogens (tertiary/aromatic N) is 2. The SMILES string of the molecule is N=C(N)NN=Cc1cccn1-c1ccc(Cl)cc1. The number of hydrogen-bond donors (Lipinski definition) is 3. The molecule has 0 spiro atoms. The van der Waals surface area contributed by atoms with Crippen LogP contribution in [0.25, 0.3) is 5.69 Å². The molecule has 18 heavy (non-hydrogen) atoms. The van der Waals surface area contributed by atoms with Crippen LogP contribution in [0.15, 0.2) is 47.7 Å². The van der Waals surface area contributed by atoms with Gasteiger partial charge in [0.1, 0.15) is 0 Å². The maximum absolute atomic E-state index is 7.00. The van der Waals surface area contributed by atoms with Gasteiger partial charge in [-0.2, -0.15) is 5.10 Å². The smallest absolute Gasteiger partial charge is 0.206 e. The summed E-state index contributed by atoms with van der Waals surface area (Å²) in [6, 6.07) is 11.3. The number of benzene rings is 1. The van der Waals surface area contributed by atoms with Crippen molar-refractivity contribution in [2.45, 2.75) is 0 Å². The zero-order chi connectivity index (χ0) is 13.0. The highest BCUT2D eigenvalue weighted by molar-refractivity contribution is 6.30. The molecular weight excluding hydrogens is 250 g/mol. The van der Waals surface area contributed by atoms with Gasteiger partial charge in [-0.15, -0.1) is 0 Å². The summed E-state index contributed by atoms with van der Waals surface area (Å²) < 4.78 is 1.95. The third-order valence-electron chi connectivity index (χ3n) is 2.27. The molecule has 5 nitrogen and oxygen atoms in total. The van der Waals surface area contributed by atoms with E-state index in [1.807, 2.05) is 47.2 Å². The Kier molecular flexibility index (Phi) is 3.64. The van der Waals surface area contributed by atoms with Gasteiger partial charge in [-0.1, -0.05) is 11.6 Å². The fourth-order valence-electron chi connectivity index (χ4n) is 1.50. The largest absolute Gasteiger partial charge is 0.369 e. The fourth-order valence-corrected chi connectivity index (χ4v) is 1.63. The van der Waals surface area contributed by atoms with Crippen LogP contribution < -0.4 is 11.2 Å². The van der Waals surface area contributed by atoms with E-state index in [9.17, 15) is 0 Å². The van der Waals surface area contributed by atoms with Crippen molar-refractivity contribution in [3.05, 3.63) is 53.3 Å². The minimum Gasteiger partial charge on any atom is -0.369 e. The highest BCUT2D eigenvalue weighted by Gasteiger charge is 2.00. The van der Waals surface area contributed by atoms with Crippen molar-refractivity contribution < 1.29 is 0 Å². The van der Waals surface area contributed by atoms with Crippen molar-refractivity contribution in [2.75, 3.05) is 0 Å². The van der Waals surface area contributed by atoms with Gasteiger partial charge in [0, 0.05) is 16.9 Å². The first kappa shape index (κ1) is 12.2. The van der Waals surface area contributed by atoms with E-state index in [0.29, 0.717) is 5.02 Å². The number of nitrogens with two attached hydrogens (primary N) is 1. The number of rotatable bonds is 3. The van der Waals surface area contributed by atoms with Crippen LogP contribution >= 0.6 is 11.6 Å². The topological polar surface area (TPSA) is 79.2 Å². The average Bonchev–Trinajstić information content (AvgIpc) is 2.78. The number of hydrogen-bond acceptors (Lipinski definition) is 2. The molecule has 1 aromatic carbocycles. The van der Waals surface area contributed by atoms with Gasteiger partial charge in [0.2, 0.25) is 5.96 Å². The Hall–Kier alpha value is -2.27. The normalized spacial score (nSPS) is 10.7. The maximum Gasteiger partial charge on any atom is 0.206 e. The average molecular weight is 262 g/mol. The molecule has 1 aromatic heterocycles. The summed E-state index contributed by atoms with van der Waals surface area (Å²) in [4.78, 5) is 0. The second-order valence-corrected chi connectivity index (χ2v) is 4.00. The van der Waals surface area contributed by atoms with E-state index in [1.165, 1.54) is 0 Å². The molecule has 0 saturated carbocycles. The molecule has 1 heterocycles. The number of aromatic nitrogens is 1. The van der Waals surface area contributed by atoms with E-state index in [4.69, 9.17) is 22.7 Å². The minimum absolute atomic E-state index is 0.198. The van der Waals surface area contributed by atoms with E-state index in [1.54, 1.807) is 6.21 Å². The molecule has 92 valence electrons. The number of guanidine groups is 1. The second-order valence-electron chi connectivity index (χ2n) is 3.56. The van der Waals surface area contributed by atoms with Crippen molar-refractivity contribution >= 4 is 23.8 Å². The molecule has 0 aliphatic rings. The zero-order valence-corrected chi connectivity index (χ0v) is 10.2. The predicted molar refractivity (Wildman–Crippen MR) is 73.4 cm³/mol. The van der Waals surface area contributed by atoms with Gasteiger partial charge in [0.15, 0.2) is 0 Å². The molecule has 0 atom stereocenters. The molecule has 6 heteroatoms. The van der Waals surface area contributed by atoms with E-state index in [0.717, 1.165) is 11.4 Å². The Bertz CT molecular complexity index is 570. The molecular formula is C12H12ClN5. The van der Waals surface area contributed by atoms with Gasteiger partial charge in [-0.05, 0) is 36.4 Å². The van der Waals surface area contributed by atoms with Gasteiger partial charge in [-0.25, -0.2) is 5.43 Å². The van der Waals surface area contributed by atoms with Crippen molar-refractivity contribution in [1.82, 2.24) is 9.99 Å². The monoisotopic (exact) mass is 261 g/mol. The molecule has 2 rings (SSSR count). The standard InChI is InChI=1S/C12H12ClN5/c13-9-3-5-10(6-4-9)18-7-1-2-11(18)8-16-17-12(14)15/h1-8H,(H4,14,15,17). The Balaban J connectivity index is 2.24. The first-order valence-electron chi connectivity index (χ1n) is 5.23. The van der Waals surface area contributed by atoms with Crippen LogP contribution in [0.5, 0.6) is 0 Å². The minimum atomic E-state index is -0.198. The Labute approximate surface area is 109 Å². The molecule has 0 aliphatic heterocycles. The van der Waals surface area contributed by atoms with Crippen molar-refractivity contribution in [3.8, 4) is 5.69 Å². The number of nitrogens with one attached hydrogen (secondary N) is 2. The van der Waals surface area contributed by atoms with Gasteiger partial charge < -0.3 is 10.3 Å². The highest BCUT2D eigenvalue weighted by atomic mass is 35.5. The van der Waals surface area contributed by atoms with Crippen LogP contribution in [0.4, 0.5) is 0 Å². The van der Waals surface area contributed by atoms with Crippen molar-refractivity contribution in [2.24, 2.45) is 10.8 Å². The van der Waals surface area contributed by atoms with Gasteiger partial charge >= 0.3 is 0 Å². The molecule has 4 N–H and O–H groups in total. The molecule has 0 radical (unpaired) electrons. The van der Waals surface area contributed by atoms with Gasteiger partial charge in [0.25, 0.3) is 0 Å². The maximum atomic E-state index is 7.00. The lowest BCUT2D eigenvalue weighted by Gasteiger charge is -2.06. The zero-order valence-electron chi connectivity index (χ0n) is 9.47. The summed E-state index contributed by atoms with van der Waals surface area (Å²) in [5.74, 6) is -0.198. The Morgan fingerprint density at radius 1 is 1.33 bits per heavy atom. The van der Waals surface area contributed by atoms with Gasteiger partial charge in [0.05, 0.1) is 11.9 Å². The molecule has 0 fully saturated rings. The first-order valence-corrected chi connectivity index (χ1v) is 5.61. The molecule has 0 aliphatic carbocycles. The highest BCUT2D eigenvalue weighted by Crippen LogP contribution is 2.15. The van der Waals surface area contributed by atoms with Crippen LogP contribution in [-0.4, -0.2) is 16.7 Å². The summed E-state index contributed by atoms with van der Waals surface area (Å²) in [7, 11) is 0. The molecule has 0 bridgehead atoms. The lowest BCUT2D eigenvalue weighted by molar-refractivity contribution is 0.992. The van der Waals surface area contributed by atoms with Crippen molar-refractivity contribution in [1.29, 1.82) is 5.41 Å². The van der Waals surface area contributed by atoms with Crippen molar-refractivity contribution in [3.63, 3.8) is 0 Å². The van der Waals surface area contributed by atoms with E-state index < -0.39 is 0 Å². The van der Waals surface area contributed by atoms with Gasteiger partial charge in [-0.3, -0.25) is 5.41 Å². The van der Waals surface area contributed by atoms with Crippen LogP contribution in [0, 0.1) is 5.41 Å². The Morgan fingerprint density at radius 3 is 2.72 bits per heavy atom. The molecule has 2 aromatic rings. The second kappa shape index (κ2) is 5.37. The van der Waals surface area contributed by atoms with E-state index in [2.05, 4.69) is 10.5 Å². The third-order valence-corrected chi connectivity index (χ3v) is 2.52. The lowest BCUT2D eigenvalue weighted by atomic mass is 10.3. The first-order chi connectivity index (χ1) is 8.66. The number of halogens is 1. The van der Waals surface area contributed by atoms with E-state index >= 15 is 0 Å². The molecule has 0 saturated heterocycles. The lowest BCUT2D eigenvalue weighted by Crippen LogP contribution is -2.25. The van der Waals surface area contributed by atoms with Crippen LogP contribution in [-0.2, 0) is 0 Å². The van der Waals surface area contributed by atoms with E-state index in [-0.39, 0.29) is 5.96 Å². The Morgan fingerprint density at radius 2 is 2.06 bits per heavy atom. The van der Waals surface area contributed by atoms with Crippen LogP contribution in [0.2, 0.25) is 5.02 Å².